The number of carbonyl (C=O) groups excluding carboxylic acids is 2. The van der Waals surface area contributed by atoms with Crippen LogP contribution in [0, 0.1) is 6.92 Å². The summed E-state index contributed by atoms with van der Waals surface area (Å²) in [5.41, 5.74) is 8.01. The maximum absolute atomic E-state index is 12.7. The molecule has 2 aliphatic heterocycles. The van der Waals surface area contributed by atoms with Crippen molar-refractivity contribution in [1.82, 2.24) is 4.90 Å². The molecule has 0 saturated heterocycles. The molecule has 22 heavy (non-hydrogen) atoms. The van der Waals surface area contributed by atoms with E-state index in [1.807, 2.05) is 19.1 Å². The highest BCUT2D eigenvalue weighted by Crippen LogP contribution is 2.33. The number of aryl methyl sites for hydroxylation is 1. The monoisotopic (exact) mass is 299 g/mol. The summed E-state index contributed by atoms with van der Waals surface area (Å²) in [5.74, 6) is -0.722. The Kier molecular flexibility index (Phi) is 3.46. The topological polar surface area (TPSA) is 95.7 Å². The summed E-state index contributed by atoms with van der Waals surface area (Å²) < 4.78 is 0. The van der Waals surface area contributed by atoms with E-state index in [9.17, 15) is 14.7 Å². The highest BCUT2D eigenvalue weighted by Gasteiger charge is 2.38. The number of hydrogen-bond acceptors (Lipinski definition) is 4. The highest BCUT2D eigenvalue weighted by atomic mass is 16.3. The van der Waals surface area contributed by atoms with E-state index in [0.717, 1.165) is 11.1 Å². The van der Waals surface area contributed by atoms with Crippen molar-refractivity contribution in [3.05, 3.63) is 53.3 Å². The van der Waals surface area contributed by atoms with E-state index in [-0.39, 0.29) is 5.91 Å². The van der Waals surface area contributed by atoms with E-state index in [4.69, 9.17) is 5.73 Å². The van der Waals surface area contributed by atoms with Crippen LogP contribution in [0.25, 0.3) is 0 Å². The van der Waals surface area contributed by atoms with Gasteiger partial charge in [-0.1, -0.05) is 12.1 Å². The molecule has 2 atom stereocenters. The van der Waals surface area contributed by atoms with Gasteiger partial charge in [-0.05, 0) is 36.6 Å². The normalized spacial score (nSPS) is 23.6. The van der Waals surface area contributed by atoms with Gasteiger partial charge >= 0.3 is 0 Å². The Morgan fingerprint density at radius 3 is 3.00 bits per heavy atom. The fraction of sp³-hybridized carbons (Fsp3) is 0.250. The third kappa shape index (κ3) is 2.48. The second-order valence-corrected chi connectivity index (χ2v) is 5.56. The van der Waals surface area contributed by atoms with Gasteiger partial charge in [-0.3, -0.25) is 9.59 Å². The molecule has 0 saturated carbocycles. The number of allylic oxidation sites excluding steroid dienone is 1. The second-order valence-electron chi connectivity index (χ2n) is 5.56. The van der Waals surface area contributed by atoms with Gasteiger partial charge in [0.25, 0.3) is 5.91 Å². The van der Waals surface area contributed by atoms with Gasteiger partial charge in [-0.2, -0.15) is 0 Å². The molecule has 0 unspecified atom stereocenters. The van der Waals surface area contributed by atoms with Crippen molar-refractivity contribution in [2.45, 2.75) is 25.6 Å². The zero-order valence-electron chi connectivity index (χ0n) is 12.1. The molecule has 2 aliphatic rings. The molecular formula is C16H17N3O3. The molecule has 3 rings (SSSR count). The third-order valence-corrected chi connectivity index (χ3v) is 3.88. The van der Waals surface area contributed by atoms with Crippen LogP contribution in [0.2, 0.25) is 0 Å². The van der Waals surface area contributed by atoms with Crippen molar-refractivity contribution >= 4 is 17.5 Å². The zero-order valence-corrected chi connectivity index (χ0v) is 12.1. The number of benzene rings is 1. The summed E-state index contributed by atoms with van der Waals surface area (Å²) in [6.07, 6.45) is 4.05. The van der Waals surface area contributed by atoms with Crippen LogP contribution in [0.3, 0.4) is 0 Å². The van der Waals surface area contributed by atoms with Gasteiger partial charge in [0.05, 0.1) is 11.6 Å². The average molecular weight is 299 g/mol. The number of rotatable bonds is 2. The number of anilines is 1. The van der Waals surface area contributed by atoms with Gasteiger partial charge in [-0.25, -0.2) is 0 Å². The summed E-state index contributed by atoms with van der Waals surface area (Å²) in [6.45, 7) is 1.93. The molecule has 6 nitrogen and oxygen atoms in total. The molecule has 1 aromatic rings. The van der Waals surface area contributed by atoms with Crippen LogP contribution in [0.4, 0.5) is 5.69 Å². The van der Waals surface area contributed by atoms with Crippen molar-refractivity contribution in [1.29, 1.82) is 0 Å². The standard InChI is InChI=1S/C16H17N3O3/c1-9-2-4-11-12(6-9)18-15(21)13-7-10(3-5-14(17)20)8-19(13)16(11)22/h2-6,8,13,15,18,21H,7H2,1H3,(H2,17,20)/b5-3+/t13-,15+/m0/s1. The van der Waals surface area contributed by atoms with E-state index in [1.54, 1.807) is 18.3 Å². The van der Waals surface area contributed by atoms with Crippen molar-refractivity contribution < 1.29 is 14.7 Å². The molecule has 6 heteroatoms. The van der Waals surface area contributed by atoms with Gasteiger partial charge in [0, 0.05) is 18.0 Å². The number of aliphatic hydroxyl groups is 1. The van der Waals surface area contributed by atoms with Crippen LogP contribution in [0.5, 0.6) is 0 Å². The molecule has 1 aromatic carbocycles. The Morgan fingerprint density at radius 2 is 2.27 bits per heavy atom. The van der Waals surface area contributed by atoms with Crippen LogP contribution < -0.4 is 11.1 Å². The lowest BCUT2D eigenvalue weighted by Gasteiger charge is -2.24. The van der Waals surface area contributed by atoms with E-state index >= 15 is 0 Å². The van der Waals surface area contributed by atoms with E-state index in [1.165, 1.54) is 11.0 Å². The number of hydrogen-bond donors (Lipinski definition) is 3. The van der Waals surface area contributed by atoms with Crippen LogP contribution in [-0.4, -0.2) is 34.1 Å². The molecular weight excluding hydrogens is 282 g/mol. The van der Waals surface area contributed by atoms with Crippen LogP contribution in [-0.2, 0) is 4.79 Å². The Labute approximate surface area is 127 Å². The Morgan fingerprint density at radius 1 is 1.50 bits per heavy atom. The van der Waals surface area contributed by atoms with Gasteiger partial charge < -0.3 is 21.1 Å². The molecule has 0 spiro atoms. The molecule has 0 aliphatic carbocycles. The number of amides is 2. The molecule has 0 radical (unpaired) electrons. The van der Waals surface area contributed by atoms with Crippen molar-refractivity contribution in [2.24, 2.45) is 5.73 Å². The first-order valence-electron chi connectivity index (χ1n) is 7.02. The number of primary amides is 1. The third-order valence-electron chi connectivity index (χ3n) is 3.88. The van der Waals surface area contributed by atoms with E-state index in [0.29, 0.717) is 17.7 Å². The fourth-order valence-electron chi connectivity index (χ4n) is 2.80. The van der Waals surface area contributed by atoms with E-state index in [2.05, 4.69) is 5.32 Å². The largest absolute Gasteiger partial charge is 0.372 e. The summed E-state index contributed by atoms with van der Waals surface area (Å²) >= 11 is 0. The lowest BCUT2D eigenvalue weighted by atomic mass is 10.1. The number of carbonyl (C=O) groups is 2. The van der Waals surface area contributed by atoms with Gasteiger partial charge in [0.15, 0.2) is 0 Å². The quantitative estimate of drug-likeness (QED) is 0.706. The first-order valence-corrected chi connectivity index (χ1v) is 7.02. The Hall–Kier alpha value is -2.60. The minimum atomic E-state index is -0.886. The lowest BCUT2D eigenvalue weighted by Crippen LogP contribution is -2.42. The fourth-order valence-corrected chi connectivity index (χ4v) is 2.80. The molecule has 0 aromatic heterocycles. The molecule has 2 heterocycles. The summed E-state index contributed by atoms with van der Waals surface area (Å²) in [7, 11) is 0. The SMILES string of the molecule is Cc1ccc2c(c1)N[C@H](O)[C@@H]1CC(/C=C/C(N)=O)=CN1C2=O. The summed E-state index contributed by atoms with van der Waals surface area (Å²) in [5, 5.41) is 13.4. The lowest BCUT2D eigenvalue weighted by molar-refractivity contribution is -0.113. The predicted molar refractivity (Wildman–Crippen MR) is 81.8 cm³/mol. The summed E-state index contributed by atoms with van der Waals surface area (Å²) in [4.78, 5) is 25.0. The van der Waals surface area contributed by atoms with Crippen molar-refractivity contribution in [3.8, 4) is 0 Å². The molecule has 114 valence electrons. The molecule has 2 amide bonds. The Bertz CT molecular complexity index is 709. The van der Waals surface area contributed by atoms with E-state index < -0.39 is 18.2 Å². The van der Waals surface area contributed by atoms with Gasteiger partial charge in [0.2, 0.25) is 5.91 Å². The molecule has 0 bridgehead atoms. The van der Waals surface area contributed by atoms with Crippen LogP contribution >= 0.6 is 0 Å². The van der Waals surface area contributed by atoms with Gasteiger partial charge in [0.1, 0.15) is 6.23 Å². The van der Waals surface area contributed by atoms with Crippen molar-refractivity contribution in [2.75, 3.05) is 5.32 Å². The number of nitrogens with two attached hydrogens (primary N) is 1. The predicted octanol–water partition coefficient (Wildman–Crippen LogP) is 0.879. The molecule has 4 N–H and O–H groups in total. The first-order chi connectivity index (χ1) is 10.5. The van der Waals surface area contributed by atoms with Gasteiger partial charge in [-0.15, -0.1) is 0 Å². The Balaban J connectivity index is 1.97. The summed E-state index contributed by atoms with van der Waals surface area (Å²) in [6, 6.07) is 5.04. The molecule has 0 fully saturated rings. The van der Waals surface area contributed by atoms with Crippen molar-refractivity contribution in [3.63, 3.8) is 0 Å². The number of aliphatic hydroxyl groups excluding tert-OH is 1. The number of nitrogens with one attached hydrogen (secondary N) is 1. The minimum Gasteiger partial charge on any atom is -0.372 e. The maximum Gasteiger partial charge on any atom is 0.260 e. The maximum atomic E-state index is 12.7. The second kappa shape index (κ2) is 5.31. The minimum absolute atomic E-state index is 0.175. The smallest absolute Gasteiger partial charge is 0.260 e. The number of fused-ring (bicyclic) bond motifs is 2. The highest BCUT2D eigenvalue weighted by molar-refractivity contribution is 6.01. The van der Waals surface area contributed by atoms with Crippen LogP contribution in [0.15, 0.2) is 42.1 Å². The first kappa shape index (κ1) is 14.3. The number of nitrogens with zero attached hydrogens (tertiary/aromatic N) is 1. The average Bonchev–Trinajstić information content (AvgIpc) is 2.85. The zero-order chi connectivity index (χ0) is 15.9. The van der Waals surface area contributed by atoms with Crippen LogP contribution in [0.1, 0.15) is 22.3 Å².